The zero-order chi connectivity index (χ0) is 17.2. The molecule has 122 valence electrons. The Kier molecular flexibility index (Phi) is 4.69. The van der Waals surface area contributed by atoms with Crippen molar-refractivity contribution in [1.82, 2.24) is 9.97 Å². The quantitative estimate of drug-likeness (QED) is 0.657. The van der Waals surface area contributed by atoms with Crippen LogP contribution in [0, 0.1) is 5.82 Å². The molecule has 1 amide bonds. The van der Waals surface area contributed by atoms with Gasteiger partial charge in [-0.1, -0.05) is 11.6 Å². The van der Waals surface area contributed by atoms with E-state index in [1.807, 2.05) is 0 Å². The molecule has 0 aliphatic heterocycles. The summed E-state index contributed by atoms with van der Waals surface area (Å²) in [6.45, 7) is 0. The maximum Gasteiger partial charge on any atom is 0.417 e. The molecule has 0 fully saturated rings. The van der Waals surface area contributed by atoms with Crippen molar-refractivity contribution in [2.45, 2.75) is 6.18 Å². The van der Waals surface area contributed by atoms with Gasteiger partial charge in [0, 0.05) is 13.2 Å². The van der Waals surface area contributed by atoms with Crippen molar-refractivity contribution in [3.05, 3.63) is 46.6 Å². The molecule has 0 bridgehead atoms. The lowest BCUT2D eigenvalue weighted by Gasteiger charge is -2.13. The Morgan fingerprint density at radius 2 is 1.91 bits per heavy atom. The van der Waals surface area contributed by atoms with Crippen LogP contribution in [0.4, 0.5) is 29.1 Å². The molecule has 10 heteroatoms. The van der Waals surface area contributed by atoms with Gasteiger partial charge in [-0.15, -0.1) is 0 Å². The number of nitrogens with one attached hydrogen (secondary N) is 2. The molecule has 0 aliphatic rings. The fourth-order valence-corrected chi connectivity index (χ4v) is 1.85. The number of rotatable bonds is 3. The highest BCUT2D eigenvalue weighted by molar-refractivity contribution is 6.29. The summed E-state index contributed by atoms with van der Waals surface area (Å²) in [7, 11) is 1.41. The normalized spacial score (nSPS) is 11.2. The average molecular weight is 349 g/mol. The third kappa shape index (κ3) is 3.86. The molecule has 23 heavy (non-hydrogen) atoms. The molecule has 2 aromatic heterocycles. The number of nitrogens with zero attached hydrogens (tertiary/aromatic N) is 2. The van der Waals surface area contributed by atoms with Crippen LogP contribution in [0.25, 0.3) is 0 Å². The van der Waals surface area contributed by atoms with Crippen LogP contribution in [-0.4, -0.2) is 22.9 Å². The van der Waals surface area contributed by atoms with Crippen LogP contribution in [0.1, 0.15) is 15.9 Å². The van der Waals surface area contributed by atoms with Gasteiger partial charge in [-0.2, -0.15) is 13.2 Å². The fourth-order valence-electron chi connectivity index (χ4n) is 1.69. The smallest absolute Gasteiger partial charge is 0.371 e. The predicted molar refractivity (Wildman–Crippen MR) is 75.9 cm³/mol. The lowest BCUT2D eigenvalue weighted by atomic mass is 10.2. The molecule has 0 spiro atoms. The second kappa shape index (κ2) is 6.37. The Hall–Kier alpha value is -2.42. The molecule has 0 radical (unpaired) electrons. The number of pyridine rings is 2. The summed E-state index contributed by atoms with van der Waals surface area (Å²) in [6, 6.07) is 1.66. The van der Waals surface area contributed by atoms with Crippen LogP contribution in [0.5, 0.6) is 0 Å². The second-order valence-electron chi connectivity index (χ2n) is 4.31. The van der Waals surface area contributed by atoms with Crippen LogP contribution in [-0.2, 0) is 6.18 Å². The lowest BCUT2D eigenvalue weighted by molar-refractivity contribution is -0.137. The van der Waals surface area contributed by atoms with E-state index >= 15 is 0 Å². The monoisotopic (exact) mass is 348 g/mol. The van der Waals surface area contributed by atoms with Gasteiger partial charge in [0.15, 0.2) is 5.82 Å². The number of hydrogen-bond acceptors (Lipinski definition) is 4. The first-order valence-corrected chi connectivity index (χ1v) is 6.47. The molecule has 2 heterocycles. The highest BCUT2D eigenvalue weighted by Gasteiger charge is 2.32. The van der Waals surface area contributed by atoms with Crippen LogP contribution < -0.4 is 10.6 Å². The van der Waals surface area contributed by atoms with E-state index in [1.54, 1.807) is 0 Å². The first kappa shape index (κ1) is 16.9. The molecule has 2 N–H and O–H groups in total. The van der Waals surface area contributed by atoms with E-state index in [2.05, 4.69) is 20.6 Å². The van der Waals surface area contributed by atoms with Crippen LogP contribution >= 0.6 is 11.6 Å². The Morgan fingerprint density at radius 1 is 1.22 bits per heavy atom. The molecule has 2 rings (SSSR count). The van der Waals surface area contributed by atoms with Gasteiger partial charge < -0.3 is 10.6 Å². The van der Waals surface area contributed by atoms with Gasteiger partial charge in [-0.3, -0.25) is 4.79 Å². The van der Waals surface area contributed by atoms with Crippen LogP contribution in [0.3, 0.4) is 0 Å². The SMILES string of the molecule is CNc1ncc(C(F)(F)F)cc1NC(=O)c1cc(Cl)ncc1F. The first-order chi connectivity index (χ1) is 10.7. The number of anilines is 2. The minimum absolute atomic E-state index is 0.00749. The van der Waals surface area contributed by atoms with Gasteiger partial charge in [0.05, 0.1) is 23.0 Å². The van der Waals surface area contributed by atoms with Gasteiger partial charge in [0.25, 0.3) is 5.91 Å². The highest BCUT2D eigenvalue weighted by atomic mass is 35.5. The number of hydrogen-bond donors (Lipinski definition) is 2. The third-order valence-electron chi connectivity index (χ3n) is 2.77. The second-order valence-corrected chi connectivity index (χ2v) is 4.70. The van der Waals surface area contributed by atoms with Gasteiger partial charge in [-0.05, 0) is 12.1 Å². The van der Waals surface area contributed by atoms with E-state index in [0.717, 1.165) is 12.3 Å². The van der Waals surface area contributed by atoms with E-state index < -0.39 is 29.0 Å². The van der Waals surface area contributed by atoms with Crippen molar-refractivity contribution >= 4 is 29.0 Å². The number of carbonyl (C=O) groups is 1. The zero-order valence-corrected chi connectivity index (χ0v) is 12.3. The summed E-state index contributed by atoms with van der Waals surface area (Å²) in [5.74, 6) is -1.95. The molecule has 0 saturated heterocycles. The summed E-state index contributed by atoms with van der Waals surface area (Å²) >= 11 is 5.58. The van der Waals surface area contributed by atoms with E-state index in [4.69, 9.17) is 11.6 Å². The average Bonchev–Trinajstić information content (AvgIpc) is 2.48. The van der Waals surface area contributed by atoms with Crippen molar-refractivity contribution in [3.63, 3.8) is 0 Å². The predicted octanol–water partition coefficient (Wildman–Crippen LogP) is 3.58. The maximum atomic E-state index is 13.6. The van der Waals surface area contributed by atoms with Gasteiger partial charge >= 0.3 is 6.18 Å². The summed E-state index contributed by atoms with van der Waals surface area (Å²) in [5, 5.41) is 4.57. The van der Waals surface area contributed by atoms with Crippen LogP contribution in [0.2, 0.25) is 5.15 Å². The summed E-state index contributed by atoms with van der Waals surface area (Å²) < 4.78 is 51.7. The Bertz CT molecular complexity index is 751. The number of amides is 1. The molecule has 0 saturated carbocycles. The largest absolute Gasteiger partial charge is 0.417 e. The van der Waals surface area contributed by atoms with Gasteiger partial charge in [0.2, 0.25) is 0 Å². The van der Waals surface area contributed by atoms with Gasteiger partial charge in [0.1, 0.15) is 11.0 Å². The number of carbonyl (C=O) groups excluding carboxylic acids is 1. The fraction of sp³-hybridized carbons (Fsp3) is 0.154. The molecule has 2 aromatic rings. The molecule has 0 unspecified atom stereocenters. The summed E-state index contributed by atoms with van der Waals surface area (Å²) in [4.78, 5) is 19.1. The van der Waals surface area contributed by atoms with Gasteiger partial charge in [-0.25, -0.2) is 14.4 Å². The minimum Gasteiger partial charge on any atom is -0.371 e. The summed E-state index contributed by atoms with van der Waals surface area (Å²) in [6.07, 6.45) is -3.28. The van der Waals surface area contributed by atoms with Crippen molar-refractivity contribution in [3.8, 4) is 0 Å². The molecule has 0 aliphatic carbocycles. The van der Waals surface area contributed by atoms with Crippen molar-refractivity contribution < 1.29 is 22.4 Å². The lowest BCUT2D eigenvalue weighted by Crippen LogP contribution is -2.17. The Labute approximate surface area is 132 Å². The number of halogens is 5. The molecule has 5 nitrogen and oxygen atoms in total. The van der Waals surface area contributed by atoms with E-state index in [0.29, 0.717) is 12.3 Å². The standard InChI is InChI=1S/C13H9ClF4N4O/c1-19-11-9(2-6(4-21-11)13(16,17)18)22-12(23)7-3-10(14)20-5-8(7)15/h2-5H,1H3,(H,19,21)(H,22,23). The Morgan fingerprint density at radius 3 is 2.52 bits per heavy atom. The van der Waals surface area contributed by atoms with E-state index in [-0.39, 0.29) is 16.7 Å². The molecule has 0 aromatic carbocycles. The van der Waals surface area contributed by atoms with E-state index in [9.17, 15) is 22.4 Å². The van der Waals surface area contributed by atoms with Crippen molar-refractivity contribution in [2.75, 3.05) is 17.7 Å². The Balaban J connectivity index is 2.38. The van der Waals surface area contributed by atoms with Crippen LogP contribution in [0.15, 0.2) is 24.5 Å². The zero-order valence-electron chi connectivity index (χ0n) is 11.5. The van der Waals surface area contributed by atoms with Crippen molar-refractivity contribution in [1.29, 1.82) is 0 Å². The maximum absolute atomic E-state index is 13.6. The minimum atomic E-state index is -4.63. The highest BCUT2D eigenvalue weighted by Crippen LogP contribution is 2.32. The molecule has 0 atom stereocenters. The topological polar surface area (TPSA) is 66.9 Å². The number of aromatic nitrogens is 2. The third-order valence-corrected chi connectivity index (χ3v) is 2.97. The summed E-state index contributed by atoms with van der Waals surface area (Å²) in [5.41, 5.74) is -1.76. The number of alkyl halides is 3. The first-order valence-electron chi connectivity index (χ1n) is 6.09. The van der Waals surface area contributed by atoms with Crippen molar-refractivity contribution in [2.24, 2.45) is 0 Å². The molecular formula is C13H9ClF4N4O. The van der Waals surface area contributed by atoms with E-state index in [1.165, 1.54) is 7.05 Å². The molecular weight excluding hydrogens is 340 g/mol.